The van der Waals surface area contributed by atoms with Crippen molar-refractivity contribution in [2.24, 2.45) is 0 Å². The molecule has 1 atom stereocenters. The summed E-state index contributed by atoms with van der Waals surface area (Å²) < 4.78 is 0. The molecule has 0 saturated heterocycles. The van der Waals surface area contributed by atoms with Crippen LogP contribution >= 0.6 is 0 Å². The molecule has 0 radical (unpaired) electrons. The van der Waals surface area contributed by atoms with Crippen LogP contribution in [0, 0.1) is 0 Å². The molecule has 1 aromatic carbocycles. The monoisotopic (exact) mass is 233 g/mol. The van der Waals surface area contributed by atoms with Crippen LogP contribution in [-0.4, -0.2) is 17.2 Å². The number of aliphatic hydroxyl groups is 1. The predicted octanol–water partition coefficient (Wildman–Crippen LogP) is 2.82. The fraction of sp³-hybridized carbons (Fsp3) is 0.600. The van der Waals surface area contributed by atoms with E-state index >= 15 is 0 Å². The van der Waals surface area contributed by atoms with Crippen molar-refractivity contribution in [3.8, 4) is 0 Å². The highest BCUT2D eigenvalue weighted by atomic mass is 16.3. The van der Waals surface area contributed by atoms with Crippen LogP contribution in [0.1, 0.15) is 45.1 Å². The van der Waals surface area contributed by atoms with Gasteiger partial charge in [-0.2, -0.15) is 0 Å². The van der Waals surface area contributed by atoms with Crippen LogP contribution in [0.15, 0.2) is 30.3 Å². The molecule has 1 aliphatic rings. The van der Waals surface area contributed by atoms with Gasteiger partial charge in [0, 0.05) is 12.1 Å². The third kappa shape index (κ3) is 3.08. The minimum atomic E-state index is -0.785. The molecular weight excluding hydrogens is 210 g/mol. The van der Waals surface area contributed by atoms with Crippen LogP contribution < -0.4 is 5.32 Å². The quantitative estimate of drug-likeness (QED) is 0.838. The summed E-state index contributed by atoms with van der Waals surface area (Å²) in [5.74, 6) is 0. The molecule has 0 spiro atoms. The van der Waals surface area contributed by atoms with E-state index in [-0.39, 0.29) is 5.54 Å². The van der Waals surface area contributed by atoms with Crippen molar-refractivity contribution in [1.82, 2.24) is 5.32 Å². The van der Waals surface area contributed by atoms with Crippen molar-refractivity contribution in [3.05, 3.63) is 35.9 Å². The second-order valence-electron chi connectivity index (χ2n) is 5.76. The molecule has 1 unspecified atom stereocenters. The Labute approximate surface area is 104 Å². The minimum Gasteiger partial charge on any atom is -0.384 e. The minimum absolute atomic E-state index is 0.221. The molecule has 0 aromatic heterocycles. The third-order valence-electron chi connectivity index (χ3n) is 3.96. The normalized spacial score (nSPS) is 22.3. The van der Waals surface area contributed by atoms with Gasteiger partial charge in [0.2, 0.25) is 0 Å². The molecular formula is C15H23NO. The van der Waals surface area contributed by atoms with Crippen LogP contribution in [0.3, 0.4) is 0 Å². The first kappa shape index (κ1) is 12.6. The molecule has 1 fully saturated rings. The first-order valence-corrected chi connectivity index (χ1v) is 6.55. The maximum absolute atomic E-state index is 10.5. The van der Waals surface area contributed by atoms with E-state index in [1.807, 2.05) is 37.3 Å². The van der Waals surface area contributed by atoms with Crippen molar-refractivity contribution in [1.29, 1.82) is 0 Å². The molecule has 1 saturated carbocycles. The van der Waals surface area contributed by atoms with Crippen molar-refractivity contribution in [3.63, 3.8) is 0 Å². The molecule has 2 nitrogen and oxygen atoms in total. The van der Waals surface area contributed by atoms with Gasteiger partial charge in [-0.3, -0.25) is 0 Å². The summed E-state index contributed by atoms with van der Waals surface area (Å²) in [5, 5.41) is 14.0. The summed E-state index contributed by atoms with van der Waals surface area (Å²) in [5.41, 5.74) is 0.417. The fourth-order valence-corrected chi connectivity index (χ4v) is 2.62. The number of hydrogen-bond donors (Lipinski definition) is 2. The second kappa shape index (κ2) is 4.79. The van der Waals surface area contributed by atoms with Gasteiger partial charge in [-0.05, 0) is 32.3 Å². The topological polar surface area (TPSA) is 32.3 Å². The number of benzene rings is 1. The largest absolute Gasteiger partial charge is 0.384 e. The van der Waals surface area contributed by atoms with Gasteiger partial charge in [0.25, 0.3) is 0 Å². The van der Waals surface area contributed by atoms with E-state index in [1.54, 1.807) is 0 Å². The van der Waals surface area contributed by atoms with E-state index < -0.39 is 5.60 Å². The van der Waals surface area contributed by atoms with Gasteiger partial charge in [0.1, 0.15) is 0 Å². The second-order valence-corrected chi connectivity index (χ2v) is 5.76. The number of hydrogen-bond acceptors (Lipinski definition) is 2. The van der Waals surface area contributed by atoms with E-state index in [9.17, 15) is 5.11 Å². The lowest BCUT2D eigenvalue weighted by atomic mass is 9.93. The Morgan fingerprint density at radius 3 is 2.41 bits per heavy atom. The predicted molar refractivity (Wildman–Crippen MR) is 70.9 cm³/mol. The lowest BCUT2D eigenvalue weighted by Crippen LogP contribution is -2.46. The highest BCUT2D eigenvalue weighted by Gasteiger charge is 2.31. The van der Waals surface area contributed by atoms with E-state index in [1.165, 1.54) is 25.7 Å². The molecule has 17 heavy (non-hydrogen) atoms. The molecule has 2 heteroatoms. The summed E-state index contributed by atoms with van der Waals surface area (Å²) in [6.45, 7) is 4.77. The van der Waals surface area contributed by atoms with Crippen LogP contribution in [-0.2, 0) is 5.60 Å². The Kier molecular flexibility index (Phi) is 3.55. The lowest BCUT2D eigenvalue weighted by molar-refractivity contribution is 0.0482. The first-order chi connectivity index (χ1) is 8.02. The molecule has 94 valence electrons. The van der Waals surface area contributed by atoms with Crippen molar-refractivity contribution >= 4 is 0 Å². The molecule has 2 N–H and O–H groups in total. The summed E-state index contributed by atoms with van der Waals surface area (Å²) in [6, 6.07) is 9.89. The Morgan fingerprint density at radius 2 is 1.82 bits per heavy atom. The Balaban J connectivity index is 1.98. The van der Waals surface area contributed by atoms with Gasteiger partial charge in [0.15, 0.2) is 0 Å². The molecule has 1 aliphatic carbocycles. The van der Waals surface area contributed by atoms with Crippen LogP contribution in [0.5, 0.6) is 0 Å². The maximum Gasteiger partial charge on any atom is 0.0992 e. The van der Waals surface area contributed by atoms with Gasteiger partial charge < -0.3 is 10.4 Å². The first-order valence-electron chi connectivity index (χ1n) is 6.55. The van der Waals surface area contributed by atoms with Gasteiger partial charge >= 0.3 is 0 Å². The van der Waals surface area contributed by atoms with Crippen molar-refractivity contribution in [2.75, 3.05) is 6.54 Å². The molecule has 0 bridgehead atoms. The number of rotatable bonds is 4. The smallest absolute Gasteiger partial charge is 0.0992 e. The summed E-state index contributed by atoms with van der Waals surface area (Å²) >= 11 is 0. The lowest BCUT2D eigenvalue weighted by Gasteiger charge is -2.32. The molecule has 0 heterocycles. The number of β-amino-alcohol motifs (C(OH)–C–C–N with tert-alkyl or cyclic N) is 1. The Hall–Kier alpha value is -0.860. The fourth-order valence-electron chi connectivity index (χ4n) is 2.62. The third-order valence-corrected chi connectivity index (χ3v) is 3.96. The summed E-state index contributed by atoms with van der Waals surface area (Å²) in [7, 11) is 0. The van der Waals surface area contributed by atoms with E-state index in [2.05, 4.69) is 12.2 Å². The standard InChI is InChI=1S/C15H23NO/c1-14(10-6-7-11-14)16-12-15(2,17)13-8-4-3-5-9-13/h3-5,8-9,16-17H,6-7,10-12H2,1-2H3. The summed E-state index contributed by atoms with van der Waals surface area (Å²) in [4.78, 5) is 0. The zero-order valence-corrected chi connectivity index (χ0v) is 10.9. The van der Waals surface area contributed by atoms with E-state index in [0.29, 0.717) is 6.54 Å². The zero-order chi connectivity index (χ0) is 12.4. The van der Waals surface area contributed by atoms with Crippen molar-refractivity contribution in [2.45, 2.75) is 50.7 Å². The average Bonchev–Trinajstić information content (AvgIpc) is 2.76. The zero-order valence-electron chi connectivity index (χ0n) is 10.9. The molecule has 2 rings (SSSR count). The van der Waals surface area contributed by atoms with Gasteiger partial charge in [-0.25, -0.2) is 0 Å². The summed E-state index contributed by atoms with van der Waals surface area (Å²) in [6.07, 6.45) is 5.05. The highest BCUT2D eigenvalue weighted by Crippen LogP contribution is 2.30. The maximum atomic E-state index is 10.5. The van der Waals surface area contributed by atoms with E-state index in [0.717, 1.165) is 5.56 Å². The van der Waals surface area contributed by atoms with Crippen LogP contribution in [0.2, 0.25) is 0 Å². The van der Waals surface area contributed by atoms with E-state index in [4.69, 9.17) is 0 Å². The molecule has 1 aromatic rings. The van der Waals surface area contributed by atoms with Crippen LogP contribution in [0.25, 0.3) is 0 Å². The molecule has 0 amide bonds. The number of nitrogens with one attached hydrogen (secondary N) is 1. The molecule has 0 aliphatic heterocycles. The Morgan fingerprint density at radius 1 is 1.24 bits per heavy atom. The Bertz CT molecular complexity index is 352. The average molecular weight is 233 g/mol. The van der Waals surface area contributed by atoms with Gasteiger partial charge in [-0.1, -0.05) is 43.2 Å². The highest BCUT2D eigenvalue weighted by molar-refractivity contribution is 5.21. The van der Waals surface area contributed by atoms with Gasteiger partial charge in [0.05, 0.1) is 5.60 Å². The van der Waals surface area contributed by atoms with Crippen molar-refractivity contribution < 1.29 is 5.11 Å². The van der Waals surface area contributed by atoms with Gasteiger partial charge in [-0.15, -0.1) is 0 Å². The SMILES string of the molecule is CC1(NCC(C)(O)c2ccccc2)CCCC1. The van der Waals surface area contributed by atoms with Crippen LogP contribution in [0.4, 0.5) is 0 Å².